The van der Waals surface area contributed by atoms with E-state index in [0.717, 1.165) is 4.57 Å². The van der Waals surface area contributed by atoms with Gasteiger partial charge < -0.3 is 24.7 Å². The van der Waals surface area contributed by atoms with Gasteiger partial charge in [0.25, 0.3) is 5.91 Å². The molecule has 0 radical (unpaired) electrons. The molecule has 0 aliphatic carbocycles. The van der Waals surface area contributed by atoms with Crippen molar-refractivity contribution in [2.45, 2.75) is 19.3 Å². The summed E-state index contributed by atoms with van der Waals surface area (Å²) in [6.45, 7) is -0.514. The lowest BCUT2D eigenvalue weighted by Crippen LogP contribution is -2.29. The van der Waals surface area contributed by atoms with Crippen LogP contribution in [0.25, 0.3) is 11.0 Å². The summed E-state index contributed by atoms with van der Waals surface area (Å²) >= 11 is 12.2. The number of nitrogens with zero attached hydrogens (tertiary/aromatic N) is 2. The van der Waals surface area contributed by atoms with E-state index >= 15 is 0 Å². The summed E-state index contributed by atoms with van der Waals surface area (Å²) in [6.07, 6.45) is -4.87. The molecule has 1 aromatic heterocycles. The molecule has 2 amide bonds. The Bertz CT molecular complexity index is 1550. The van der Waals surface area contributed by atoms with Crippen molar-refractivity contribution < 1.29 is 32.2 Å². The lowest BCUT2D eigenvalue weighted by atomic mass is 10.2. The lowest BCUT2D eigenvalue weighted by molar-refractivity contribution is -0.147. The Morgan fingerprint density at radius 1 is 1.00 bits per heavy atom. The molecule has 38 heavy (non-hydrogen) atoms. The fourth-order valence-electron chi connectivity index (χ4n) is 3.97. The van der Waals surface area contributed by atoms with Gasteiger partial charge in [0.15, 0.2) is 11.5 Å². The zero-order valence-corrected chi connectivity index (χ0v) is 20.7. The van der Waals surface area contributed by atoms with Crippen LogP contribution in [0, 0.1) is 0 Å². The van der Waals surface area contributed by atoms with Crippen molar-refractivity contribution in [1.29, 1.82) is 0 Å². The van der Waals surface area contributed by atoms with E-state index in [1.165, 1.54) is 30.3 Å². The van der Waals surface area contributed by atoms with Gasteiger partial charge in [0.1, 0.15) is 12.1 Å². The maximum absolute atomic E-state index is 13.9. The normalized spacial score (nSPS) is 12.6. The van der Waals surface area contributed by atoms with Gasteiger partial charge >= 0.3 is 6.18 Å². The van der Waals surface area contributed by atoms with Crippen LogP contribution < -0.4 is 20.1 Å². The minimum Gasteiger partial charge on any atom is -0.454 e. The third-order valence-corrected chi connectivity index (χ3v) is 6.33. The number of anilines is 1. The Kier molecular flexibility index (Phi) is 6.80. The highest BCUT2D eigenvalue weighted by atomic mass is 35.5. The molecule has 2 N–H and O–H groups in total. The fourth-order valence-corrected chi connectivity index (χ4v) is 4.54. The van der Waals surface area contributed by atoms with E-state index in [2.05, 4.69) is 15.6 Å². The highest BCUT2D eigenvalue weighted by molar-refractivity contribution is 6.40. The number of rotatable bonds is 6. The van der Waals surface area contributed by atoms with Gasteiger partial charge in [0.05, 0.1) is 26.8 Å². The summed E-state index contributed by atoms with van der Waals surface area (Å²) < 4.78 is 53.0. The van der Waals surface area contributed by atoms with E-state index in [-0.39, 0.29) is 45.7 Å². The largest absolute Gasteiger partial charge is 0.454 e. The molecule has 8 nitrogen and oxygen atoms in total. The molecular formula is C25H17Cl2F3N4O4. The second kappa shape index (κ2) is 10.1. The van der Waals surface area contributed by atoms with Crippen LogP contribution in [-0.4, -0.2) is 28.2 Å². The minimum absolute atomic E-state index is 0.00129. The number of carbonyl (C=O) groups is 2. The summed E-state index contributed by atoms with van der Waals surface area (Å²) in [5, 5.41) is 5.27. The average molecular weight is 565 g/mol. The number of amides is 2. The van der Waals surface area contributed by atoms with Crippen LogP contribution in [0.5, 0.6) is 11.5 Å². The van der Waals surface area contributed by atoms with E-state index in [4.69, 9.17) is 32.7 Å². The molecule has 0 atom stereocenters. The minimum atomic E-state index is -4.87. The highest BCUT2D eigenvalue weighted by Gasteiger charge is 2.38. The molecule has 1 aliphatic heterocycles. The summed E-state index contributed by atoms with van der Waals surface area (Å²) in [4.78, 5) is 29.3. The molecule has 0 saturated heterocycles. The number of nitrogens with one attached hydrogen (secondary N) is 2. The highest BCUT2D eigenvalue weighted by Crippen LogP contribution is 2.35. The fraction of sp³-hybridized carbons (Fsp3) is 0.160. The van der Waals surface area contributed by atoms with Crippen LogP contribution in [0.15, 0.2) is 54.6 Å². The molecule has 1 aliphatic rings. The zero-order chi connectivity index (χ0) is 27.0. The maximum atomic E-state index is 13.9. The van der Waals surface area contributed by atoms with Gasteiger partial charge in [-0.3, -0.25) is 9.59 Å². The van der Waals surface area contributed by atoms with Crippen molar-refractivity contribution in [3.05, 3.63) is 81.6 Å². The van der Waals surface area contributed by atoms with E-state index in [0.29, 0.717) is 17.1 Å². The predicted octanol–water partition coefficient (Wildman–Crippen LogP) is 5.66. The first-order valence-electron chi connectivity index (χ1n) is 11.1. The van der Waals surface area contributed by atoms with Crippen molar-refractivity contribution in [3.8, 4) is 11.5 Å². The summed E-state index contributed by atoms with van der Waals surface area (Å²) in [6, 6.07) is 13.7. The van der Waals surface area contributed by atoms with Crippen LogP contribution in [0.3, 0.4) is 0 Å². The standard InChI is InChI=1S/C25H17Cl2F3N4O4/c26-14-3-1-4-15(27)21(14)23(36)32-16-5-2-6-17-22(16)33-24(25(28,29)30)34(17)11-20(35)31-10-13-7-8-18-19(9-13)38-12-37-18/h1-9H,10-12H2,(H,31,35)(H,32,36). The number of benzene rings is 3. The number of carbonyl (C=O) groups excluding carboxylic acids is 2. The van der Waals surface area contributed by atoms with Crippen LogP contribution in [0.4, 0.5) is 18.9 Å². The number of ether oxygens (including phenoxy) is 2. The molecular weight excluding hydrogens is 548 g/mol. The zero-order valence-electron chi connectivity index (χ0n) is 19.2. The average Bonchev–Trinajstić information content (AvgIpc) is 3.47. The number of alkyl halides is 3. The van der Waals surface area contributed by atoms with Crippen molar-refractivity contribution >= 4 is 51.7 Å². The van der Waals surface area contributed by atoms with Gasteiger partial charge in [0, 0.05) is 6.54 Å². The third kappa shape index (κ3) is 5.07. The van der Waals surface area contributed by atoms with E-state index in [1.807, 2.05) is 0 Å². The second-order valence-electron chi connectivity index (χ2n) is 8.21. The Labute approximate surface area is 223 Å². The molecule has 0 bridgehead atoms. The quantitative estimate of drug-likeness (QED) is 0.315. The molecule has 0 fully saturated rings. The summed E-state index contributed by atoms with van der Waals surface area (Å²) in [5.41, 5.74) is 0.482. The van der Waals surface area contributed by atoms with Gasteiger partial charge in [-0.25, -0.2) is 4.98 Å². The molecule has 3 aromatic carbocycles. The van der Waals surface area contributed by atoms with Crippen molar-refractivity contribution in [3.63, 3.8) is 0 Å². The first-order chi connectivity index (χ1) is 18.1. The van der Waals surface area contributed by atoms with Crippen molar-refractivity contribution in [2.75, 3.05) is 12.1 Å². The number of hydrogen-bond donors (Lipinski definition) is 2. The molecule has 0 unspecified atom stereocenters. The predicted molar refractivity (Wildman–Crippen MR) is 134 cm³/mol. The van der Waals surface area contributed by atoms with Gasteiger partial charge in [-0.1, -0.05) is 41.4 Å². The number of para-hydroxylation sites is 1. The molecule has 2 heterocycles. The molecule has 13 heteroatoms. The number of aromatic nitrogens is 2. The Balaban J connectivity index is 1.41. The van der Waals surface area contributed by atoms with E-state index in [1.54, 1.807) is 24.3 Å². The molecule has 4 aromatic rings. The van der Waals surface area contributed by atoms with Crippen LogP contribution in [-0.2, 0) is 24.1 Å². The maximum Gasteiger partial charge on any atom is 0.449 e. The van der Waals surface area contributed by atoms with Crippen molar-refractivity contribution in [1.82, 2.24) is 14.9 Å². The van der Waals surface area contributed by atoms with Gasteiger partial charge in [0.2, 0.25) is 18.5 Å². The Morgan fingerprint density at radius 2 is 1.71 bits per heavy atom. The van der Waals surface area contributed by atoms with E-state index in [9.17, 15) is 22.8 Å². The number of imidazole rings is 1. The summed E-state index contributed by atoms with van der Waals surface area (Å²) in [5.74, 6) is -1.60. The molecule has 0 saturated carbocycles. The van der Waals surface area contributed by atoms with Crippen LogP contribution in [0.2, 0.25) is 10.0 Å². The molecule has 5 rings (SSSR count). The van der Waals surface area contributed by atoms with E-state index < -0.39 is 30.4 Å². The lowest BCUT2D eigenvalue weighted by Gasteiger charge is -2.12. The van der Waals surface area contributed by atoms with Gasteiger partial charge in [-0.15, -0.1) is 0 Å². The smallest absolute Gasteiger partial charge is 0.449 e. The van der Waals surface area contributed by atoms with Crippen molar-refractivity contribution in [2.24, 2.45) is 0 Å². The van der Waals surface area contributed by atoms with Crippen LogP contribution in [0.1, 0.15) is 21.7 Å². The number of halogens is 5. The first-order valence-corrected chi connectivity index (χ1v) is 11.8. The molecule has 0 spiro atoms. The Hall–Kier alpha value is -3.96. The van der Waals surface area contributed by atoms with Crippen LogP contribution >= 0.6 is 23.2 Å². The first kappa shape index (κ1) is 25.7. The number of hydrogen-bond acceptors (Lipinski definition) is 5. The second-order valence-corrected chi connectivity index (χ2v) is 9.02. The summed E-state index contributed by atoms with van der Waals surface area (Å²) in [7, 11) is 0. The monoisotopic (exact) mass is 564 g/mol. The Morgan fingerprint density at radius 3 is 2.45 bits per heavy atom. The van der Waals surface area contributed by atoms with Gasteiger partial charge in [-0.2, -0.15) is 13.2 Å². The van der Waals surface area contributed by atoms with Gasteiger partial charge in [-0.05, 0) is 42.0 Å². The topological polar surface area (TPSA) is 94.5 Å². The molecule has 196 valence electrons. The number of fused-ring (bicyclic) bond motifs is 2. The SMILES string of the molecule is O=C(Cn1c(C(F)(F)F)nc2c(NC(=O)c3c(Cl)cccc3Cl)cccc21)NCc1ccc2c(c1)OCO2. The third-order valence-electron chi connectivity index (χ3n) is 5.70.